The van der Waals surface area contributed by atoms with E-state index in [0.717, 1.165) is 25.0 Å². The Hall–Kier alpha value is -1.01. The molecule has 0 radical (unpaired) electrons. The van der Waals surface area contributed by atoms with E-state index in [1.165, 1.54) is 0 Å². The molecule has 1 heterocycles. The second-order valence-corrected chi connectivity index (χ2v) is 6.20. The predicted molar refractivity (Wildman–Crippen MR) is 72.4 cm³/mol. The molecule has 1 N–H and O–H groups in total. The standard InChI is InChI=1S/C14H14BrF2NO2/c15-8-5-9(16)12(10(17)6-8)14(19)18-11-3-4-20-13(11)7-1-2-7/h5-7,11,13H,1-4H2,(H,18,19). The van der Waals surface area contributed by atoms with Gasteiger partial charge in [-0.2, -0.15) is 0 Å². The molecule has 0 spiro atoms. The molecule has 2 unspecified atom stereocenters. The summed E-state index contributed by atoms with van der Waals surface area (Å²) in [6.45, 7) is 0.581. The van der Waals surface area contributed by atoms with Crippen LogP contribution >= 0.6 is 15.9 Å². The zero-order valence-corrected chi connectivity index (χ0v) is 12.3. The summed E-state index contributed by atoms with van der Waals surface area (Å²) in [7, 11) is 0. The molecule has 1 aromatic carbocycles. The first-order valence-corrected chi connectivity index (χ1v) is 7.42. The molecular weight excluding hydrogens is 332 g/mol. The van der Waals surface area contributed by atoms with E-state index in [9.17, 15) is 13.6 Å². The van der Waals surface area contributed by atoms with E-state index in [4.69, 9.17) is 4.74 Å². The zero-order chi connectivity index (χ0) is 14.3. The summed E-state index contributed by atoms with van der Waals surface area (Å²) in [6.07, 6.45) is 2.86. The Bertz CT molecular complexity index is 525. The minimum absolute atomic E-state index is 0.0134. The molecule has 6 heteroatoms. The lowest BCUT2D eigenvalue weighted by molar-refractivity contribution is 0.0725. The van der Waals surface area contributed by atoms with Gasteiger partial charge in [-0.3, -0.25) is 4.79 Å². The highest BCUT2D eigenvalue weighted by atomic mass is 79.9. The Labute approximate surface area is 123 Å². The van der Waals surface area contributed by atoms with E-state index < -0.39 is 23.1 Å². The summed E-state index contributed by atoms with van der Waals surface area (Å²) in [4.78, 5) is 12.1. The van der Waals surface area contributed by atoms with Gasteiger partial charge in [0, 0.05) is 11.1 Å². The summed E-state index contributed by atoms with van der Waals surface area (Å²) in [5.41, 5.74) is -0.533. The highest BCUT2D eigenvalue weighted by Gasteiger charge is 2.41. The van der Waals surface area contributed by atoms with Crippen LogP contribution in [0.2, 0.25) is 0 Å². The van der Waals surface area contributed by atoms with Gasteiger partial charge in [0.15, 0.2) is 0 Å². The molecule has 3 rings (SSSR count). The van der Waals surface area contributed by atoms with Gasteiger partial charge in [-0.15, -0.1) is 0 Å². The molecule has 20 heavy (non-hydrogen) atoms. The van der Waals surface area contributed by atoms with Crippen molar-refractivity contribution in [1.29, 1.82) is 0 Å². The van der Waals surface area contributed by atoms with Crippen molar-refractivity contribution < 1.29 is 18.3 Å². The molecule has 108 valence electrons. The Morgan fingerprint density at radius 1 is 1.25 bits per heavy atom. The van der Waals surface area contributed by atoms with E-state index in [-0.39, 0.29) is 16.6 Å². The molecule has 2 fully saturated rings. The average Bonchev–Trinajstić information content (AvgIpc) is 3.09. The second kappa shape index (κ2) is 5.41. The third-order valence-electron chi connectivity index (χ3n) is 3.77. The summed E-state index contributed by atoms with van der Waals surface area (Å²) in [5, 5.41) is 2.71. The van der Waals surface area contributed by atoms with Gasteiger partial charge in [-0.05, 0) is 37.3 Å². The van der Waals surface area contributed by atoms with Crippen molar-refractivity contribution in [3.63, 3.8) is 0 Å². The second-order valence-electron chi connectivity index (χ2n) is 5.29. The maximum Gasteiger partial charge on any atom is 0.257 e. The smallest absolute Gasteiger partial charge is 0.257 e. The molecule has 1 amide bonds. The van der Waals surface area contributed by atoms with E-state index in [1.54, 1.807) is 0 Å². The van der Waals surface area contributed by atoms with Crippen molar-refractivity contribution in [2.24, 2.45) is 5.92 Å². The molecule has 0 bridgehead atoms. The van der Waals surface area contributed by atoms with Gasteiger partial charge in [-0.25, -0.2) is 8.78 Å². The first-order valence-electron chi connectivity index (χ1n) is 6.63. The number of carbonyl (C=O) groups is 1. The van der Waals surface area contributed by atoms with Crippen molar-refractivity contribution in [3.05, 3.63) is 33.8 Å². The lowest BCUT2D eigenvalue weighted by Gasteiger charge is -2.19. The van der Waals surface area contributed by atoms with Gasteiger partial charge in [0.1, 0.15) is 17.2 Å². The minimum Gasteiger partial charge on any atom is -0.376 e. The van der Waals surface area contributed by atoms with E-state index in [1.807, 2.05) is 0 Å². The van der Waals surface area contributed by atoms with Crippen molar-refractivity contribution in [2.45, 2.75) is 31.4 Å². The van der Waals surface area contributed by atoms with Gasteiger partial charge >= 0.3 is 0 Å². The molecule has 3 nitrogen and oxygen atoms in total. The van der Waals surface area contributed by atoms with Gasteiger partial charge in [0.2, 0.25) is 0 Å². The summed E-state index contributed by atoms with van der Waals surface area (Å²) < 4.78 is 33.3. The third kappa shape index (κ3) is 2.72. The SMILES string of the molecule is O=C(NC1CCOC1C1CC1)c1c(F)cc(Br)cc1F. The Balaban J connectivity index is 1.76. The van der Waals surface area contributed by atoms with Crippen molar-refractivity contribution in [1.82, 2.24) is 5.32 Å². The molecule has 2 aliphatic rings. The number of nitrogens with one attached hydrogen (secondary N) is 1. The van der Waals surface area contributed by atoms with Crippen molar-refractivity contribution >= 4 is 21.8 Å². The average molecular weight is 346 g/mol. The Kier molecular flexibility index (Phi) is 3.77. The third-order valence-corrected chi connectivity index (χ3v) is 4.23. The summed E-state index contributed by atoms with van der Waals surface area (Å²) in [5.74, 6) is -1.97. The van der Waals surface area contributed by atoms with Crippen LogP contribution in [0.4, 0.5) is 8.78 Å². The van der Waals surface area contributed by atoms with Crippen molar-refractivity contribution in [2.75, 3.05) is 6.61 Å². The predicted octanol–water partition coefficient (Wildman–Crippen LogP) is 3.02. The van der Waals surface area contributed by atoms with Crippen molar-refractivity contribution in [3.8, 4) is 0 Å². The quantitative estimate of drug-likeness (QED) is 0.914. The van der Waals surface area contributed by atoms with Crippen LogP contribution in [0.3, 0.4) is 0 Å². The van der Waals surface area contributed by atoms with Crippen LogP contribution in [0.25, 0.3) is 0 Å². The first kappa shape index (κ1) is 13.9. The normalized spacial score (nSPS) is 25.8. The van der Waals surface area contributed by atoms with Crippen LogP contribution < -0.4 is 5.32 Å². The fraction of sp³-hybridized carbons (Fsp3) is 0.500. The van der Waals surface area contributed by atoms with Gasteiger partial charge in [0.05, 0.1) is 12.1 Å². The molecule has 0 aromatic heterocycles. The molecular formula is C14H14BrF2NO2. The minimum atomic E-state index is -0.865. The molecule has 1 saturated carbocycles. The zero-order valence-electron chi connectivity index (χ0n) is 10.7. The number of halogens is 3. The maximum atomic E-state index is 13.7. The number of ether oxygens (including phenoxy) is 1. The monoisotopic (exact) mass is 345 g/mol. The molecule has 2 atom stereocenters. The van der Waals surface area contributed by atoms with E-state index in [2.05, 4.69) is 21.2 Å². The van der Waals surface area contributed by atoms with Crippen LogP contribution in [0.1, 0.15) is 29.6 Å². The molecule has 1 saturated heterocycles. The van der Waals surface area contributed by atoms with Gasteiger partial charge < -0.3 is 10.1 Å². The molecule has 1 aromatic rings. The molecule has 1 aliphatic carbocycles. The Morgan fingerprint density at radius 2 is 1.90 bits per heavy atom. The number of hydrogen-bond donors (Lipinski definition) is 1. The van der Waals surface area contributed by atoms with Crippen LogP contribution in [-0.4, -0.2) is 24.7 Å². The maximum absolute atomic E-state index is 13.7. The number of hydrogen-bond acceptors (Lipinski definition) is 2. The number of amides is 1. The highest BCUT2D eigenvalue weighted by molar-refractivity contribution is 9.10. The van der Waals surface area contributed by atoms with Gasteiger partial charge in [-0.1, -0.05) is 15.9 Å². The Morgan fingerprint density at radius 3 is 2.50 bits per heavy atom. The number of rotatable bonds is 3. The first-order chi connectivity index (χ1) is 9.56. The van der Waals surface area contributed by atoms with Crippen LogP contribution in [0.15, 0.2) is 16.6 Å². The summed E-state index contributed by atoms with van der Waals surface area (Å²) in [6, 6.07) is 2.01. The van der Waals surface area contributed by atoms with Crippen LogP contribution in [0, 0.1) is 17.6 Å². The fourth-order valence-electron chi connectivity index (χ4n) is 2.65. The van der Waals surface area contributed by atoms with Crippen LogP contribution in [-0.2, 0) is 4.74 Å². The van der Waals surface area contributed by atoms with Crippen LogP contribution in [0.5, 0.6) is 0 Å². The van der Waals surface area contributed by atoms with E-state index in [0.29, 0.717) is 18.9 Å². The largest absolute Gasteiger partial charge is 0.376 e. The number of carbonyl (C=O) groups excluding carboxylic acids is 1. The van der Waals surface area contributed by atoms with E-state index >= 15 is 0 Å². The highest BCUT2D eigenvalue weighted by Crippen LogP contribution is 2.38. The fourth-order valence-corrected chi connectivity index (χ4v) is 3.06. The topological polar surface area (TPSA) is 38.3 Å². The number of benzene rings is 1. The molecule has 1 aliphatic heterocycles. The van der Waals surface area contributed by atoms with Gasteiger partial charge in [0.25, 0.3) is 5.91 Å². The lowest BCUT2D eigenvalue weighted by Crippen LogP contribution is -2.42. The lowest BCUT2D eigenvalue weighted by atomic mass is 10.1. The summed E-state index contributed by atoms with van der Waals surface area (Å²) >= 11 is 2.99.